The van der Waals surface area contributed by atoms with Gasteiger partial charge in [0.15, 0.2) is 11.5 Å². The van der Waals surface area contributed by atoms with Crippen LogP contribution in [0.1, 0.15) is 12.8 Å². The van der Waals surface area contributed by atoms with Crippen molar-refractivity contribution in [3.63, 3.8) is 0 Å². The molecule has 11 heteroatoms. The van der Waals surface area contributed by atoms with Crippen LogP contribution in [0.4, 0.5) is 10.2 Å². The minimum Gasteiger partial charge on any atom is -0.463 e. The number of aromatic nitrogens is 3. The Morgan fingerprint density at radius 3 is 2.64 bits per heavy atom. The monoisotopic (exact) mass is 613 g/mol. The van der Waals surface area contributed by atoms with Gasteiger partial charge in [0.2, 0.25) is 6.54 Å². The predicted octanol–water partition coefficient (Wildman–Crippen LogP) is 5.64. The zero-order valence-electron chi connectivity index (χ0n) is 24.8. The summed E-state index contributed by atoms with van der Waals surface area (Å²) in [5, 5.41) is 3.26. The van der Waals surface area contributed by atoms with Gasteiger partial charge in [-0.1, -0.05) is 48.5 Å². The summed E-state index contributed by atoms with van der Waals surface area (Å²) in [6.45, 7) is 12.9. The third-order valence-corrected chi connectivity index (χ3v) is 8.66. The summed E-state index contributed by atoms with van der Waals surface area (Å²) >= 11 is 6.64. The Kier molecular flexibility index (Phi) is 8.10. The average molecular weight is 614 g/mol. The van der Waals surface area contributed by atoms with Crippen molar-refractivity contribution in [3.05, 3.63) is 77.4 Å². The fraction of sp³-hybridized carbons (Fsp3) is 0.364. The zero-order chi connectivity index (χ0) is 31.0. The summed E-state index contributed by atoms with van der Waals surface area (Å²) in [5.41, 5.74) is 2.12. The number of ether oxygens (including phenoxy) is 1. The maximum atomic E-state index is 13.8. The highest BCUT2D eigenvalue weighted by Crippen LogP contribution is 2.46. The van der Waals surface area contributed by atoms with E-state index in [1.807, 2.05) is 53.4 Å². The molecule has 1 amide bonds. The second kappa shape index (κ2) is 12.0. The van der Waals surface area contributed by atoms with Gasteiger partial charge in [0, 0.05) is 47.6 Å². The number of benzene rings is 2. The first-order valence-electron chi connectivity index (χ1n) is 14.6. The van der Waals surface area contributed by atoms with E-state index in [4.69, 9.17) is 37.9 Å². The number of halogens is 2. The topological polar surface area (TPSA) is 79.1 Å². The maximum Gasteiger partial charge on any atom is 0.320 e. The third-order valence-electron chi connectivity index (χ3n) is 8.34. The lowest BCUT2D eigenvalue weighted by atomic mass is 10.0. The summed E-state index contributed by atoms with van der Waals surface area (Å²) in [6, 6.07) is 15.3. The Morgan fingerprint density at radius 2 is 1.93 bits per heavy atom. The molecule has 2 fully saturated rings. The second-order valence-corrected chi connectivity index (χ2v) is 12.3. The molecule has 2 aliphatic rings. The summed E-state index contributed by atoms with van der Waals surface area (Å²) in [7, 11) is 4.11. The lowest BCUT2D eigenvalue weighted by Crippen LogP contribution is -2.56. The highest BCUT2D eigenvalue weighted by molar-refractivity contribution is 6.36. The smallest absolute Gasteiger partial charge is 0.320 e. The van der Waals surface area contributed by atoms with Crippen LogP contribution in [0.5, 0.6) is 6.01 Å². The van der Waals surface area contributed by atoms with Crippen LogP contribution in [0.25, 0.3) is 37.9 Å². The van der Waals surface area contributed by atoms with Gasteiger partial charge < -0.3 is 24.3 Å². The molecule has 6 rings (SSSR count). The molecule has 226 valence electrons. The molecule has 1 aliphatic carbocycles. The van der Waals surface area contributed by atoms with Crippen LogP contribution in [-0.2, 0) is 4.79 Å². The van der Waals surface area contributed by atoms with Gasteiger partial charge in [-0.3, -0.25) is 4.79 Å². The van der Waals surface area contributed by atoms with Gasteiger partial charge in [-0.05, 0) is 50.5 Å². The van der Waals surface area contributed by atoms with Crippen LogP contribution in [-0.4, -0.2) is 90.1 Å². The largest absolute Gasteiger partial charge is 0.463 e. The molecule has 9 nitrogen and oxygen atoms in total. The van der Waals surface area contributed by atoms with E-state index in [0.29, 0.717) is 40.7 Å². The number of nitrogens with zero attached hydrogens (tertiary/aromatic N) is 7. The molecular formula is C33H33ClFN7O2. The molecule has 0 radical (unpaired) electrons. The summed E-state index contributed by atoms with van der Waals surface area (Å²) < 4.78 is 20.1. The normalized spacial score (nSPS) is 17.6. The minimum absolute atomic E-state index is 0.0270. The van der Waals surface area contributed by atoms with Crippen LogP contribution < -0.4 is 9.64 Å². The Labute approximate surface area is 260 Å². The van der Waals surface area contributed by atoms with Crippen molar-refractivity contribution < 1.29 is 13.9 Å². The standard InChI is InChI=1S/C33H33ClFN7O2/c1-21(35)31(43)42-16-15-41(18-23(42)17-36-2)30-25-11-12-27(24-9-5-7-22-8-6-10-26(34)28(22)24)37-29(25)38-32(39-30)44-20-33(13-14-33)19-40(3)4/h5-12,23H,1,13-20H2,3-4H3/t23-/m0/s1. The predicted molar refractivity (Wildman–Crippen MR) is 170 cm³/mol. The van der Waals surface area contributed by atoms with Crippen LogP contribution in [0.3, 0.4) is 0 Å². The van der Waals surface area contributed by atoms with Gasteiger partial charge in [-0.25, -0.2) is 15.9 Å². The van der Waals surface area contributed by atoms with Gasteiger partial charge in [0.1, 0.15) is 11.9 Å². The fourth-order valence-corrected chi connectivity index (χ4v) is 6.37. The first-order chi connectivity index (χ1) is 21.2. The van der Waals surface area contributed by atoms with Crippen molar-refractivity contribution >= 4 is 45.1 Å². The maximum absolute atomic E-state index is 13.8. The van der Waals surface area contributed by atoms with Crippen molar-refractivity contribution in [3.8, 4) is 17.3 Å². The number of hydrogen-bond donors (Lipinski definition) is 0. The molecule has 4 aromatic rings. The lowest BCUT2D eigenvalue weighted by Gasteiger charge is -2.39. The molecule has 3 heterocycles. The van der Waals surface area contributed by atoms with Crippen molar-refractivity contribution in [2.75, 3.05) is 58.3 Å². The van der Waals surface area contributed by atoms with E-state index in [1.54, 1.807) is 0 Å². The molecule has 1 saturated heterocycles. The number of fused-ring (bicyclic) bond motifs is 2. The van der Waals surface area contributed by atoms with Crippen molar-refractivity contribution in [2.45, 2.75) is 18.9 Å². The fourth-order valence-electron chi connectivity index (χ4n) is 6.08. The number of pyridine rings is 1. The first-order valence-corrected chi connectivity index (χ1v) is 14.9. The van der Waals surface area contributed by atoms with Crippen molar-refractivity contribution in [1.29, 1.82) is 0 Å². The van der Waals surface area contributed by atoms with E-state index in [-0.39, 0.29) is 31.1 Å². The van der Waals surface area contributed by atoms with Gasteiger partial charge in [0.05, 0.1) is 17.7 Å². The Balaban J connectivity index is 1.41. The van der Waals surface area contributed by atoms with Crippen LogP contribution >= 0.6 is 11.6 Å². The highest BCUT2D eigenvalue weighted by Gasteiger charge is 2.44. The van der Waals surface area contributed by atoms with E-state index < -0.39 is 17.8 Å². The molecule has 1 saturated carbocycles. The van der Waals surface area contributed by atoms with E-state index in [1.165, 1.54) is 4.90 Å². The van der Waals surface area contributed by atoms with Crippen LogP contribution in [0.15, 0.2) is 60.9 Å². The molecule has 1 aliphatic heterocycles. The Bertz CT molecular complexity index is 1800. The van der Waals surface area contributed by atoms with Gasteiger partial charge >= 0.3 is 6.01 Å². The van der Waals surface area contributed by atoms with Gasteiger partial charge in [-0.2, -0.15) is 9.97 Å². The highest BCUT2D eigenvalue weighted by atomic mass is 35.5. The number of amides is 1. The number of hydrogen-bond acceptors (Lipinski definition) is 7. The first kappa shape index (κ1) is 29.7. The molecule has 2 aromatic carbocycles. The number of carbonyl (C=O) groups excluding carboxylic acids is 1. The van der Waals surface area contributed by atoms with Crippen LogP contribution in [0.2, 0.25) is 5.02 Å². The third kappa shape index (κ3) is 5.90. The number of carbonyl (C=O) groups is 1. The Morgan fingerprint density at radius 1 is 1.16 bits per heavy atom. The second-order valence-electron chi connectivity index (χ2n) is 11.9. The van der Waals surface area contributed by atoms with E-state index in [2.05, 4.69) is 30.4 Å². The quantitative estimate of drug-likeness (QED) is 0.179. The van der Waals surface area contributed by atoms with E-state index in [0.717, 1.165) is 35.7 Å². The molecule has 1 atom stereocenters. The van der Waals surface area contributed by atoms with Crippen molar-refractivity contribution in [2.24, 2.45) is 5.41 Å². The molecule has 2 aromatic heterocycles. The minimum atomic E-state index is -1.03. The van der Waals surface area contributed by atoms with E-state index >= 15 is 0 Å². The Hall–Kier alpha value is -4.33. The number of piperazine rings is 1. The summed E-state index contributed by atoms with van der Waals surface area (Å²) in [4.78, 5) is 36.2. The lowest BCUT2D eigenvalue weighted by molar-refractivity contribution is -0.131. The van der Waals surface area contributed by atoms with E-state index in [9.17, 15) is 9.18 Å². The molecular weight excluding hydrogens is 581 g/mol. The molecule has 0 N–H and O–H groups in total. The molecule has 0 unspecified atom stereocenters. The number of anilines is 1. The van der Waals surface area contributed by atoms with Crippen LogP contribution in [0, 0.1) is 12.0 Å². The SMILES string of the molecule is [C-]#[N+]C[C@H]1CN(c2nc(OCC3(CN(C)C)CC3)nc3nc(-c4cccc5cccc(Cl)c45)ccc23)CCN1C(=O)C(=C)F. The molecule has 0 bridgehead atoms. The van der Waals surface area contributed by atoms with Gasteiger partial charge in [0.25, 0.3) is 5.91 Å². The molecule has 0 spiro atoms. The summed E-state index contributed by atoms with van der Waals surface area (Å²) in [6.07, 6.45) is 2.15. The number of rotatable bonds is 9. The average Bonchev–Trinajstić information content (AvgIpc) is 3.77. The van der Waals surface area contributed by atoms with Gasteiger partial charge in [-0.15, -0.1) is 0 Å². The zero-order valence-corrected chi connectivity index (χ0v) is 25.5. The van der Waals surface area contributed by atoms with Crippen molar-refractivity contribution in [1.82, 2.24) is 24.8 Å². The summed E-state index contributed by atoms with van der Waals surface area (Å²) in [5.74, 6) is -1.22. The molecule has 44 heavy (non-hydrogen) atoms.